The Hall–Kier alpha value is -2.83. The highest BCUT2D eigenvalue weighted by Gasteiger charge is 2.30. The summed E-state index contributed by atoms with van der Waals surface area (Å²) in [6.45, 7) is 5.60. The number of primary amides is 1. The number of carbonyl (C=O) groups is 2. The highest BCUT2D eigenvalue weighted by molar-refractivity contribution is 5.95. The molecule has 0 atom stereocenters. The number of likely N-dealkylation sites (tertiary alicyclic amines) is 1. The van der Waals surface area contributed by atoms with E-state index in [0.717, 1.165) is 5.69 Å². The van der Waals surface area contributed by atoms with Crippen molar-refractivity contribution in [2.75, 3.05) is 19.7 Å². The Kier molecular flexibility index (Phi) is 5.78. The Morgan fingerprint density at radius 2 is 1.89 bits per heavy atom. The van der Waals surface area contributed by atoms with Gasteiger partial charge in [0.1, 0.15) is 0 Å². The Morgan fingerprint density at radius 1 is 1.22 bits per heavy atom. The fourth-order valence-corrected chi connectivity index (χ4v) is 3.10. The van der Waals surface area contributed by atoms with E-state index in [1.54, 1.807) is 15.8 Å². The number of hydrogen-bond acceptors (Lipinski definition) is 4. The number of amides is 2. The predicted molar refractivity (Wildman–Crippen MR) is 102 cm³/mol. The number of hydrogen-bond donors (Lipinski definition) is 1. The van der Waals surface area contributed by atoms with Crippen LogP contribution in [-0.4, -0.2) is 46.2 Å². The summed E-state index contributed by atoms with van der Waals surface area (Å²) in [4.78, 5) is 26.1. The minimum atomic E-state index is -0.295. The summed E-state index contributed by atoms with van der Waals surface area (Å²) in [6, 6.07) is 9.61. The van der Waals surface area contributed by atoms with Gasteiger partial charge in [-0.1, -0.05) is 32.0 Å². The highest BCUT2D eigenvalue weighted by atomic mass is 16.5. The maximum Gasteiger partial charge on any atom is 0.278 e. The molecule has 2 heterocycles. The van der Waals surface area contributed by atoms with Crippen LogP contribution >= 0.6 is 0 Å². The second-order valence-corrected chi connectivity index (χ2v) is 7.30. The zero-order valence-corrected chi connectivity index (χ0v) is 15.8. The van der Waals surface area contributed by atoms with Crippen LogP contribution in [0.3, 0.4) is 0 Å². The molecule has 2 amide bonds. The first-order valence-electron chi connectivity index (χ1n) is 9.32. The second kappa shape index (κ2) is 8.24. The Bertz CT molecular complexity index is 793. The molecule has 2 aromatic rings. The molecule has 1 aromatic heterocycles. The molecular formula is C20H26N4O3. The zero-order valence-electron chi connectivity index (χ0n) is 15.8. The van der Waals surface area contributed by atoms with Gasteiger partial charge in [0.15, 0.2) is 11.4 Å². The van der Waals surface area contributed by atoms with Gasteiger partial charge < -0.3 is 15.4 Å². The summed E-state index contributed by atoms with van der Waals surface area (Å²) in [5.41, 5.74) is 6.54. The molecule has 7 heteroatoms. The fourth-order valence-electron chi connectivity index (χ4n) is 3.10. The molecule has 1 aromatic carbocycles. The quantitative estimate of drug-likeness (QED) is 0.844. The summed E-state index contributed by atoms with van der Waals surface area (Å²) in [5.74, 6) is 0.185. The molecule has 0 bridgehead atoms. The number of aromatic nitrogens is 2. The third-order valence-electron chi connectivity index (χ3n) is 4.66. The van der Waals surface area contributed by atoms with Gasteiger partial charge >= 0.3 is 0 Å². The van der Waals surface area contributed by atoms with Gasteiger partial charge in [0.2, 0.25) is 5.91 Å². The molecule has 2 N–H and O–H groups in total. The predicted octanol–water partition coefficient (Wildman–Crippen LogP) is 2.24. The first-order valence-corrected chi connectivity index (χ1v) is 9.32. The number of para-hydroxylation sites is 1. The van der Waals surface area contributed by atoms with Crippen LogP contribution in [0.15, 0.2) is 36.5 Å². The molecule has 7 nitrogen and oxygen atoms in total. The number of piperidine rings is 1. The Balaban J connectivity index is 1.83. The van der Waals surface area contributed by atoms with Crippen LogP contribution in [0.25, 0.3) is 5.69 Å². The SMILES string of the molecule is CC(C)COc1cn(-c2ccccc2)nc1C(=O)N1CCC(C(N)=O)CC1. The van der Waals surface area contributed by atoms with Crippen molar-refractivity contribution in [3.63, 3.8) is 0 Å². The van der Waals surface area contributed by atoms with Crippen LogP contribution < -0.4 is 10.5 Å². The number of rotatable bonds is 6. The van der Waals surface area contributed by atoms with E-state index in [2.05, 4.69) is 18.9 Å². The number of ether oxygens (including phenoxy) is 1. The van der Waals surface area contributed by atoms with E-state index in [9.17, 15) is 9.59 Å². The fraction of sp³-hybridized carbons (Fsp3) is 0.450. The number of benzene rings is 1. The topological polar surface area (TPSA) is 90.5 Å². The minimum Gasteiger partial charge on any atom is -0.489 e. The molecule has 1 fully saturated rings. The van der Waals surface area contributed by atoms with Crippen molar-refractivity contribution in [2.24, 2.45) is 17.6 Å². The monoisotopic (exact) mass is 370 g/mol. The minimum absolute atomic E-state index is 0.160. The van der Waals surface area contributed by atoms with Crippen molar-refractivity contribution in [1.82, 2.24) is 14.7 Å². The molecule has 1 aliphatic heterocycles. The van der Waals surface area contributed by atoms with Gasteiger partial charge in [0, 0.05) is 19.0 Å². The lowest BCUT2D eigenvalue weighted by Gasteiger charge is -2.30. The zero-order chi connectivity index (χ0) is 19.4. The molecule has 1 aliphatic rings. The van der Waals surface area contributed by atoms with Gasteiger partial charge in [-0.3, -0.25) is 9.59 Å². The lowest BCUT2D eigenvalue weighted by atomic mass is 9.96. The summed E-state index contributed by atoms with van der Waals surface area (Å²) in [5, 5.41) is 4.50. The van der Waals surface area contributed by atoms with Crippen molar-refractivity contribution >= 4 is 11.8 Å². The van der Waals surface area contributed by atoms with Crippen LogP contribution in [0.1, 0.15) is 37.2 Å². The first-order chi connectivity index (χ1) is 13.0. The average Bonchev–Trinajstić information content (AvgIpc) is 3.11. The number of carbonyl (C=O) groups excluding carboxylic acids is 2. The summed E-state index contributed by atoms with van der Waals surface area (Å²) < 4.78 is 7.53. The van der Waals surface area contributed by atoms with Gasteiger partial charge in [-0.2, -0.15) is 5.10 Å². The molecule has 144 valence electrons. The van der Waals surface area contributed by atoms with Gasteiger partial charge in [0.05, 0.1) is 18.5 Å². The Labute approximate surface area is 159 Å². The van der Waals surface area contributed by atoms with Crippen molar-refractivity contribution in [3.8, 4) is 11.4 Å². The maximum absolute atomic E-state index is 13.0. The van der Waals surface area contributed by atoms with Gasteiger partial charge in [-0.25, -0.2) is 4.68 Å². The molecule has 1 saturated heterocycles. The van der Waals surface area contributed by atoms with Crippen molar-refractivity contribution in [2.45, 2.75) is 26.7 Å². The average molecular weight is 370 g/mol. The molecular weight excluding hydrogens is 344 g/mol. The van der Waals surface area contributed by atoms with Crippen LogP contribution in [0.4, 0.5) is 0 Å². The van der Waals surface area contributed by atoms with E-state index in [-0.39, 0.29) is 17.7 Å². The van der Waals surface area contributed by atoms with Gasteiger partial charge in [-0.05, 0) is 30.9 Å². The van der Waals surface area contributed by atoms with Crippen molar-refractivity contribution in [1.29, 1.82) is 0 Å². The highest BCUT2D eigenvalue weighted by Crippen LogP contribution is 2.25. The van der Waals surface area contributed by atoms with Crippen LogP contribution in [-0.2, 0) is 4.79 Å². The van der Waals surface area contributed by atoms with E-state index in [0.29, 0.717) is 49.9 Å². The van der Waals surface area contributed by atoms with E-state index in [1.165, 1.54) is 0 Å². The molecule has 0 unspecified atom stereocenters. The Morgan fingerprint density at radius 3 is 2.48 bits per heavy atom. The van der Waals surface area contributed by atoms with Gasteiger partial charge in [-0.15, -0.1) is 0 Å². The third-order valence-corrected chi connectivity index (χ3v) is 4.66. The van der Waals surface area contributed by atoms with Crippen LogP contribution in [0.2, 0.25) is 0 Å². The summed E-state index contributed by atoms with van der Waals surface area (Å²) >= 11 is 0. The van der Waals surface area contributed by atoms with E-state index < -0.39 is 0 Å². The summed E-state index contributed by atoms with van der Waals surface area (Å²) in [7, 11) is 0. The molecule has 27 heavy (non-hydrogen) atoms. The standard InChI is InChI=1S/C20H26N4O3/c1-14(2)13-27-17-12-24(16-6-4-3-5-7-16)22-18(17)20(26)23-10-8-15(9-11-23)19(21)25/h3-7,12,14-15H,8-11,13H2,1-2H3,(H2,21,25). The summed E-state index contributed by atoms with van der Waals surface area (Å²) in [6.07, 6.45) is 2.92. The van der Waals surface area contributed by atoms with Crippen LogP contribution in [0, 0.1) is 11.8 Å². The van der Waals surface area contributed by atoms with E-state index in [1.807, 2.05) is 30.3 Å². The van der Waals surface area contributed by atoms with Crippen molar-refractivity contribution in [3.05, 3.63) is 42.2 Å². The van der Waals surface area contributed by atoms with Crippen LogP contribution in [0.5, 0.6) is 5.75 Å². The molecule has 0 saturated carbocycles. The lowest BCUT2D eigenvalue weighted by molar-refractivity contribution is -0.123. The molecule has 0 spiro atoms. The van der Waals surface area contributed by atoms with Gasteiger partial charge in [0.25, 0.3) is 5.91 Å². The maximum atomic E-state index is 13.0. The lowest BCUT2D eigenvalue weighted by Crippen LogP contribution is -2.42. The molecule has 0 aliphatic carbocycles. The van der Waals surface area contributed by atoms with E-state index >= 15 is 0 Å². The normalized spacial score (nSPS) is 15.1. The molecule has 0 radical (unpaired) electrons. The largest absolute Gasteiger partial charge is 0.489 e. The van der Waals surface area contributed by atoms with Crippen molar-refractivity contribution < 1.29 is 14.3 Å². The third kappa shape index (κ3) is 4.48. The number of nitrogens with zero attached hydrogens (tertiary/aromatic N) is 3. The molecule has 3 rings (SSSR count). The second-order valence-electron chi connectivity index (χ2n) is 7.30. The number of nitrogens with two attached hydrogens (primary N) is 1. The first kappa shape index (κ1) is 18.9. The van der Waals surface area contributed by atoms with E-state index in [4.69, 9.17) is 10.5 Å². The smallest absolute Gasteiger partial charge is 0.278 e.